The minimum absolute atomic E-state index is 0.0572. The zero-order chi connectivity index (χ0) is 13.6. The average Bonchev–Trinajstić information content (AvgIpc) is 2.67. The van der Waals surface area contributed by atoms with Crippen LogP contribution in [-0.4, -0.2) is 5.91 Å². The molecule has 2 aromatic rings. The predicted octanol–water partition coefficient (Wildman–Crippen LogP) is 4.15. The fraction of sp³-hybridized carbons (Fsp3) is 0.188. The number of carbonyl (C=O) groups is 1. The lowest BCUT2D eigenvalue weighted by molar-refractivity contribution is -0.116. The number of nitrogens with one attached hydrogen (secondary N) is 1. The van der Waals surface area contributed by atoms with Crippen molar-refractivity contribution in [2.75, 3.05) is 5.32 Å². The Hall–Kier alpha value is -1.61. The number of amides is 1. The number of carbonyl (C=O) groups excluding carboxylic acids is 1. The maximum atomic E-state index is 12.3. The third-order valence-corrected chi connectivity index (χ3v) is 4.09. The molecule has 0 saturated carbocycles. The summed E-state index contributed by atoms with van der Waals surface area (Å²) in [7, 11) is 0. The average molecular weight is 316 g/mol. The molecule has 96 valence electrons. The maximum Gasteiger partial charge on any atom is 0.236 e. The first kappa shape index (κ1) is 12.4. The van der Waals surface area contributed by atoms with Crippen molar-refractivity contribution in [2.45, 2.75) is 19.8 Å². The Morgan fingerprint density at radius 3 is 2.63 bits per heavy atom. The summed E-state index contributed by atoms with van der Waals surface area (Å²) in [5.41, 5.74) is 5.39. The first-order valence-corrected chi connectivity index (χ1v) is 7.03. The van der Waals surface area contributed by atoms with Crippen LogP contribution in [-0.2, 0) is 4.79 Å². The summed E-state index contributed by atoms with van der Waals surface area (Å²) in [5, 5.41) is 2.96. The van der Waals surface area contributed by atoms with E-state index >= 15 is 0 Å². The summed E-state index contributed by atoms with van der Waals surface area (Å²) in [6.07, 6.45) is 0. The summed E-state index contributed by atoms with van der Waals surface area (Å²) in [6, 6.07) is 12.2. The molecule has 0 radical (unpaired) electrons. The topological polar surface area (TPSA) is 29.1 Å². The van der Waals surface area contributed by atoms with Crippen molar-refractivity contribution in [1.82, 2.24) is 0 Å². The number of rotatable bonds is 1. The highest BCUT2D eigenvalue weighted by molar-refractivity contribution is 9.10. The lowest BCUT2D eigenvalue weighted by Gasteiger charge is -2.13. The molecule has 1 amide bonds. The highest BCUT2D eigenvalue weighted by Gasteiger charge is 2.32. The fourth-order valence-corrected chi connectivity index (χ4v) is 2.98. The van der Waals surface area contributed by atoms with E-state index in [0.29, 0.717) is 0 Å². The van der Waals surface area contributed by atoms with Crippen LogP contribution in [0.5, 0.6) is 0 Å². The number of anilines is 1. The van der Waals surface area contributed by atoms with E-state index in [0.717, 1.165) is 26.9 Å². The normalized spacial score (nSPS) is 17.2. The van der Waals surface area contributed by atoms with Gasteiger partial charge in [0.05, 0.1) is 5.92 Å². The molecule has 0 spiro atoms. The quantitative estimate of drug-likeness (QED) is 0.841. The first-order valence-electron chi connectivity index (χ1n) is 6.24. The lowest BCUT2D eigenvalue weighted by Crippen LogP contribution is -2.14. The van der Waals surface area contributed by atoms with Gasteiger partial charge in [0.2, 0.25) is 5.91 Å². The molecule has 1 unspecified atom stereocenters. The second kappa shape index (κ2) is 4.49. The molecule has 0 saturated heterocycles. The zero-order valence-electron chi connectivity index (χ0n) is 10.8. The van der Waals surface area contributed by atoms with Gasteiger partial charge < -0.3 is 5.32 Å². The Morgan fingerprint density at radius 1 is 1.05 bits per heavy atom. The van der Waals surface area contributed by atoms with Crippen LogP contribution in [0.3, 0.4) is 0 Å². The molecule has 0 bridgehead atoms. The van der Waals surface area contributed by atoms with Crippen LogP contribution in [0.4, 0.5) is 5.69 Å². The third-order valence-electron chi connectivity index (χ3n) is 3.59. The number of hydrogen-bond acceptors (Lipinski definition) is 1. The van der Waals surface area contributed by atoms with Crippen LogP contribution in [0.15, 0.2) is 40.9 Å². The molecule has 0 aliphatic carbocycles. The molecule has 1 aliphatic rings. The second-order valence-electron chi connectivity index (χ2n) is 5.01. The molecule has 2 nitrogen and oxygen atoms in total. The van der Waals surface area contributed by atoms with E-state index in [1.165, 1.54) is 5.56 Å². The summed E-state index contributed by atoms with van der Waals surface area (Å²) in [6.45, 7) is 4.11. The molecule has 1 heterocycles. The van der Waals surface area contributed by atoms with Gasteiger partial charge in [-0.2, -0.15) is 0 Å². The number of benzene rings is 2. The minimum atomic E-state index is -0.192. The van der Waals surface area contributed by atoms with E-state index in [-0.39, 0.29) is 11.8 Å². The molecule has 3 rings (SSSR count). The number of hydrogen-bond donors (Lipinski definition) is 1. The van der Waals surface area contributed by atoms with E-state index in [9.17, 15) is 4.79 Å². The fourth-order valence-electron chi connectivity index (χ4n) is 2.61. The SMILES string of the molecule is Cc1ccc(C)c(C2C(=O)Nc3cc(Br)ccc32)c1. The zero-order valence-corrected chi connectivity index (χ0v) is 12.4. The Kier molecular flexibility index (Phi) is 2.94. The monoisotopic (exact) mass is 315 g/mol. The van der Waals surface area contributed by atoms with Crippen LogP contribution in [0.25, 0.3) is 0 Å². The van der Waals surface area contributed by atoms with Crippen molar-refractivity contribution in [1.29, 1.82) is 0 Å². The molecule has 0 aromatic heterocycles. The highest BCUT2D eigenvalue weighted by Crippen LogP contribution is 2.39. The van der Waals surface area contributed by atoms with E-state index in [1.807, 2.05) is 18.2 Å². The molecule has 0 fully saturated rings. The van der Waals surface area contributed by atoms with Crippen LogP contribution in [0.1, 0.15) is 28.2 Å². The van der Waals surface area contributed by atoms with Crippen molar-refractivity contribution >= 4 is 27.5 Å². The number of halogens is 1. The van der Waals surface area contributed by atoms with Gasteiger partial charge in [-0.25, -0.2) is 0 Å². The maximum absolute atomic E-state index is 12.3. The summed E-state index contributed by atoms with van der Waals surface area (Å²) >= 11 is 3.44. The first-order chi connectivity index (χ1) is 9.06. The van der Waals surface area contributed by atoms with Gasteiger partial charge in [0.15, 0.2) is 0 Å². The van der Waals surface area contributed by atoms with Gasteiger partial charge in [0, 0.05) is 10.2 Å². The molecule has 1 atom stereocenters. The van der Waals surface area contributed by atoms with E-state index in [2.05, 4.69) is 53.3 Å². The Bertz CT molecular complexity index is 678. The van der Waals surface area contributed by atoms with Crippen molar-refractivity contribution in [3.05, 3.63) is 63.1 Å². The molecular weight excluding hydrogens is 302 g/mol. The van der Waals surface area contributed by atoms with Gasteiger partial charge >= 0.3 is 0 Å². The van der Waals surface area contributed by atoms with Crippen LogP contribution < -0.4 is 5.32 Å². The predicted molar refractivity (Wildman–Crippen MR) is 80.5 cm³/mol. The number of fused-ring (bicyclic) bond motifs is 1. The van der Waals surface area contributed by atoms with Gasteiger partial charge in [-0.05, 0) is 42.7 Å². The summed E-state index contributed by atoms with van der Waals surface area (Å²) in [5.74, 6) is -0.134. The molecular formula is C16H14BrNO. The summed E-state index contributed by atoms with van der Waals surface area (Å²) in [4.78, 5) is 12.3. The van der Waals surface area contributed by atoms with E-state index < -0.39 is 0 Å². The van der Waals surface area contributed by atoms with Gasteiger partial charge in [0.1, 0.15) is 0 Å². The Balaban J connectivity index is 2.16. The van der Waals surface area contributed by atoms with Crippen molar-refractivity contribution < 1.29 is 4.79 Å². The molecule has 1 N–H and O–H groups in total. The van der Waals surface area contributed by atoms with Gasteiger partial charge in [-0.15, -0.1) is 0 Å². The van der Waals surface area contributed by atoms with Gasteiger partial charge in [0.25, 0.3) is 0 Å². The Morgan fingerprint density at radius 2 is 1.84 bits per heavy atom. The highest BCUT2D eigenvalue weighted by atomic mass is 79.9. The largest absolute Gasteiger partial charge is 0.325 e. The van der Waals surface area contributed by atoms with Gasteiger partial charge in [-0.3, -0.25) is 4.79 Å². The van der Waals surface area contributed by atoms with Crippen LogP contribution in [0, 0.1) is 13.8 Å². The van der Waals surface area contributed by atoms with Crippen molar-refractivity contribution in [2.24, 2.45) is 0 Å². The molecule has 1 aliphatic heterocycles. The molecule has 3 heteroatoms. The van der Waals surface area contributed by atoms with Crippen LogP contribution >= 0.6 is 15.9 Å². The Labute approximate surface area is 121 Å². The van der Waals surface area contributed by atoms with Crippen LogP contribution in [0.2, 0.25) is 0 Å². The van der Waals surface area contributed by atoms with Crippen molar-refractivity contribution in [3.8, 4) is 0 Å². The molecule has 19 heavy (non-hydrogen) atoms. The molecule has 2 aromatic carbocycles. The smallest absolute Gasteiger partial charge is 0.236 e. The summed E-state index contributed by atoms with van der Waals surface area (Å²) < 4.78 is 0.980. The second-order valence-corrected chi connectivity index (χ2v) is 5.93. The minimum Gasteiger partial charge on any atom is -0.325 e. The van der Waals surface area contributed by atoms with E-state index in [4.69, 9.17) is 0 Å². The van der Waals surface area contributed by atoms with E-state index in [1.54, 1.807) is 0 Å². The van der Waals surface area contributed by atoms with Gasteiger partial charge in [-0.1, -0.05) is 45.8 Å². The number of aryl methyl sites for hydroxylation is 2. The third kappa shape index (κ3) is 2.08. The standard InChI is InChI=1S/C16H14BrNO/c1-9-3-4-10(2)13(7-9)15-12-6-5-11(17)8-14(12)18-16(15)19/h3-8,15H,1-2H3,(H,18,19). The lowest BCUT2D eigenvalue weighted by atomic mass is 9.88. The van der Waals surface area contributed by atoms with Crippen molar-refractivity contribution in [3.63, 3.8) is 0 Å².